The molecule has 116 valence electrons. The summed E-state index contributed by atoms with van der Waals surface area (Å²) in [4.78, 5) is 28.6. The van der Waals surface area contributed by atoms with E-state index in [1.807, 2.05) is 30.3 Å². The van der Waals surface area contributed by atoms with Crippen LogP contribution in [0.25, 0.3) is 0 Å². The Hall–Kier alpha value is -1.56. The highest BCUT2D eigenvalue weighted by Gasteiger charge is 2.36. The van der Waals surface area contributed by atoms with Crippen LogP contribution in [-0.4, -0.2) is 26.2 Å². The summed E-state index contributed by atoms with van der Waals surface area (Å²) in [7, 11) is 1.22. The summed E-state index contributed by atoms with van der Waals surface area (Å²) in [6.07, 6.45) is 1.47. The number of Topliss-reactive ketones (excluding diaryl/α,β-unsaturated/α-hetero) is 1. The molecular formula is C14H12Cl3N2O3+. The molecule has 0 aliphatic carbocycles. The van der Waals surface area contributed by atoms with Crippen LogP contribution in [0.1, 0.15) is 16.1 Å². The van der Waals surface area contributed by atoms with Crippen molar-refractivity contribution in [3.8, 4) is 0 Å². The second-order valence-electron chi connectivity index (χ2n) is 4.46. The Labute approximate surface area is 141 Å². The zero-order valence-electron chi connectivity index (χ0n) is 11.5. The number of benzene rings is 1. The Morgan fingerprint density at radius 3 is 2.45 bits per heavy atom. The molecule has 0 saturated heterocycles. The van der Waals surface area contributed by atoms with E-state index in [0.717, 1.165) is 5.56 Å². The van der Waals surface area contributed by atoms with Crippen molar-refractivity contribution in [2.45, 2.75) is 10.3 Å². The summed E-state index contributed by atoms with van der Waals surface area (Å²) >= 11 is 17.0. The monoisotopic (exact) mass is 361 g/mol. The van der Waals surface area contributed by atoms with Crippen LogP contribution in [-0.2, 0) is 11.4 Å². The van der Waals surface area contributed by atoms with E-state index in [1.54, 1.807) is 4.57 Å². The molecule has 8 heteroatoms. The van der Waals surface area contributed by atoms with Crippen molar-refractivity contribution in [3.63, 3.8) is 0 Å². The molecule has 0 spiro atoms. The van der Waals surface area contributed by atoms with Gasteiger partial charge in [-0.25, -0.2) is 4.84 Å². The Bertz CT molecular complexity index is 693. The van der Waals surface area contributed by atoms with Gasteiger partial charge >= 0.3 is 5.69 Å². The maximum atomic E-state index is 12.2. The first-order chi connectivity index (χ1) is 10.3. The molecule has 2 rings (SSSR count). The molecule has 22 heavy (non-hydrogen) atoms. The first-order valence-corrected chi connectivity index (χ1v) is 7.33. The largest absolute Gasteiger partial charge is 0.334 e. The Morgan fingerprint density at radius 2 is 1.91 bits per heavy atom. The van der Waals surface area contributed by atoms with Crippen molar-refractivity contribution in [1.29, 1.82) is 0 Å². The smallest absolute Gasteiger partial charge is 0.334 e. The summed E-state index contributed by atoms with van der Waals surface area (Å²) < 4.78 is -0.566. The van der Waals surface area contributed by atoms with Gasteiger partial charge in [0, 0.05) is 12.6 Å². The van der Waals surface area contributed by atoms with Crippen LogP contribution in [0.2, 0.25) is 0 Å². The van der Waals surface area contributed by atoms with Crippen LogP contribution in [0, 0.1) is 4.91 Å². The second-order valence-corrected chi connectivity index (χ2v) is 6.74. The lowest BCUT2D eigenvalue weighted by molar-refractivity contribution is -0.736. The summed E-state index contributed by atoms with van der Waals surface area (Å²) in [5, 5.41) is 0. The zero-order valence-corrected chi connectivity index (χ0v) is 13.8. The topological polar surface area (TPSA) is 51.3 Å². The van der Waals surface area contributed by atoms with E-state index in [9.17, 15) is 9.70 Å². The average molecular weight is 363 g/mol. The van der Waals surface area contributed by atoms with E-state index >= 15 is 0 Å². The van der Waals surface area contributed by atoms with Gasteiger partial charge in [0.15, 0.2) is 7.11 Å². The maximum Gasteiger partial charge on any atom is 0.334 e. The minimum Gasteiger partial charge on any atom is -0.334 e. The summed E-state index contributed by atoms with van der Waals surface area (Å²) in [6.45, 7) is 0.347. The van der Waals surface area contributed by atoms with Gasteiger partial charge in [-0.05, 0) is 5.56 Å². The van der Waals surface area contributed by atoms with Crippen LogP contribution in [0.5, 0.6) is 0 Å². The molecule has 0 atom stereocenters. The summed E-state index contributed by atoms with van der Waals surface area (Å²) in [5.41, 5.74) is 1.17. The van der Waals surface area contributed by atoms with Crippen LogP contribution in [0.15, 0.2) is 42.6 Å². The number of aromatic nitrogens is 1. The number of carbonyl (C=O) groups excluding carboxylic acids is 1. The molecule has 1 aromatic carbocycles. The highest BCUT2D eigenvalue weighted by atomic mass is 35.6. The van der Waals surface area contributed by atoms with Gasteiger partial charge in [-0.3, -0.25) is 4.79 Å². The highest BCUT2D eigenvalue weighted by Crippen LogP contribution is 2.32. The van der Waals surface area contributed by atoms with Crippen LogP contribution >= 0.6 is 34.8 Å². The van der Waals surface area contributed by atoms with Crippen LogP contribution < -0.4 is 0 Å². The van der Waals surface area contributed by atoms with E-state index in [-0.39, 0.29) is 16.3 Å². The number of nitrogens with zero attached hydrogens (tertiary/aromatic N) is 2. The Kier molecular flexibility index (Phi) is 5.11. The number of rotatable bonds is 5. The first-order valence-electron chi connectivity index (χ1n) is 6.20. The van der Waals surface area contributed by atoms with E-state index in [1.165, 1.54) is 19.4 Å². The minimum atomic E-state index is -2.11. The molecule has 0 aliphatic rings. The molecule has 0 aliphatic heterocycles. The number of hydrogen-bond donors (Lipinski definition) is 0. The molecule has 0 saturated carbocycles. The average Bonchev–Trinajstić information content (AvgIpc) is 2.89. The zero-order chi connectivity index (χ0) is 16.3. The molecule has 0 unspecified atom stereocenters. The lowest BCUT2D eigenvalue weighted by Crippen LogP contribution is -2.22. The number of halogens is 3. The summed E-state index contributed by atoms with van der Waals surface area (Å²) in [6, 6.07) is 10.7. The molecular weight excluding hydrogens is 351 g/mol. The van der Waals surface area contributed by atoms with Gasteiger partial charge in [0.25, 0.3) is 8.72 Å². The van der Waals surface area contributed by atoms with Gasteiger partial charge < -0.3 is 4.57 Å². The van der Waals surface area contributed by atoms with Crippen LogP contribution in [0.3, 0.4) is 0 Å². The fourth-order valence-electron chi connectivity index (χ4n) is 1.95. The molecule has 1 heterocycles. The van der Waals surface area contributed by atoms with Crippen molar-refractivity contribution < 1.29 is 14.6 Å². The predicted octanol–water partition coefficient (Wildman–Crippen LogP) is 4.06. The van der Waals surface area contributed by atoms with Crippen molar-refractivity contribution in [3.05, 3.63) is 58.8 Å². The fraction of sp³-hybridized carbons (Fsp3) is 0.214. The molecule has 0 amide bonds. The van der Waals surface area contributed by atoms with E-state index in [2.05, 4.69) is 4.84 Å². The molecule has 0 radical (unpaired) electrons. The molecule has 0 fully saturated rings. The quantitative estimate of drug-likeness (QED) is 0.458. The molecule has 5 nitrogen and oxygen atoms in total. The standard InChI is InChI=1S/C14H12Cl3N2O3/c1-22-19(21)11-7-12(13(20)14(15,16)17)18(9-11)8-10-5-3-2-4-6-10/h2-7,9H,8H2,1H3/q+1. The number of alkyl halides is 3. The van der Waals surface area contributed by atoms with Gasteiger partial charge in [0.1, 0.15) is 0 Å². The van der Waals surface area contributed by atoms with Crippen molar-refractivity contribution in [2.24, 2.45) is 0 Å². The van der Waals surface area contributed by atoms with E-state index in [4.69, 9.17) is 34.8 Å². The molecule has 0 bridgehead atoms. The van der Waals surface area contributed by atoms with Gasteiger partial charge in [-0.2, -0.15) is 0 Å². The normalized spacial score (nSPS) is 11.3. The Morgan fingerprint density at radius 1 is 1.27 bits per heavy atom. The molecule has 1 aromatic heterocycles. The second kappa shape index (κ2) is 6.69. The maximum absolute atomic E-state index is 12.2. The number of ketones is 1. The Balaban J connectivity index is 2.44. The van der Waals surface area contributed by atoms with Crippen molar-refractivity contribution >= 4 is 46.3 Å². The third kappa shape index (κ3) is 3.80. The van der Waals surface area contributed by atoms with Gasteiger partial charge in [-0.1, -0.05) is 65.1 Å². The van der Waals surface area contributed by atoms with Gasteiger partial charge in [0.05, 0.1) is 16.8 Å². The lowest BCUT2D eigenvalue weighted by atomic mass is 10.2. The number of hydrogen-bond acceptors (Lipinski definition) is 3. The third-order valence-electron chi connectivity index (χ3n) is 2.94. The predicted molar refractivity (Wildman–Crippen MR) is 84.9 cm³/mol. The van der Waals surface area contributed by atoms with Crippen molar-refractivity contribution in [2.75, 3.05) is 7.11 Å². The SMILES string of the molecule is CO[N+](=O)c1cc(C(=O)C(Cl)(Cl)Cl)n(Cc2ccccc2)c1. The summed E-state index contributed by atoms with van der Waals surface area (Å²) in [5.74, 6) is -0.718. The van der Waals surface area contributed by atoms with E-state index in [0.29, 0.717) is 6.54 Å². The van der Waals surface area contributed by atoms with Crippen LogP contribution in [0.4, 0.5) is 5.69 Å². The van der Waals surface area contributed by atoms with E-state index < -0.39 is 9.58 Å². The van der Waals surface area contributed by atoms with Crippen molar-refractivity contribution in [1.82, 2.24) is 4.57 Å². The first kappa shape index (κ1) is 16.8. The highest BCUT2D eigenvalue weighted by molar-refractivity contribution is 6.77. The fourth-order valence-corrected chi connectivity index (χ4v) is 2.24. The molecule has 0 N–H and O–H groups in total. The van der Waals surface area contributed by atoms with Gasteiger partial charge in [0.2, 0.25) is 5.78 Å². The van der Waals surface area contributed by atoms with Gasteiger partial charge in [-0.15, -0.1) is 0 Å². The third-order valence-corrected chi connectivity index (χ3v) is 3.46. The number of carbonyl (C=O) groups is 1. The molecule has 2 aromatic rings. The minimum absolute atomic E-state index is 0.108. The lowest BCUT2D eigenvalue weighted by Gasteiger charge is -2.12.